The van der Waals surface area contributed by atoms with Gasteiger partial charge in [-0.25, -0.2) is 0 Å². The smallest absolute Gasteiger partial charge is 0.122 e. The molecule has 1 heterocycles. The second-order valence-electron chi connectivity index (χ2n) is 3.91. The zero-order chi connectivity index (χ0) is 10.8. The minimum absolute atomic E-state index is 0.454. The van der Waals surface area contributed by atoms with E-state index in [1.54, 1.807) is 7.11 Å². The van der Waals surface area contributed by atoms with E-state index in [2.05, 4.69) is 0 Å². The molecule has 1 saturated heterocycles. The topological polar surface area (TPSA) is 21.8 Å². The second kappa shape index (κ2) is 4.42. The van der Waals surface area contributed by atoms with Crippen LogP contribution in [0.25, 0.3) is 0 Å². The Kier molecular flexibility index (Phi) is 3.17. The molecular formula is C12H15ClO2. The summed E-state index contributed by atoms with van der Waals surface area (Å²) in [7, 11) is 1.69. The Morgan fingerprint density at radius 3 is 2.87 bits per heavy atom. The van der Waals surface area contributed by atoms with Gasteiger partial charge in [-0.3, -0.25) is 0 Å². The van der Waals surface area contributed by atoms with Crippen molar-refractivity contribution in [3.8, 4) is 5.75 Å². The van der Waals surface area contributed by atoms with Gasteiger partial charge in [-0.1, -0.05) is 11.6 Å². The molecule has 3 heteroatoms. The van der Waals surface area contributed by atoms with E-state index in [1.165, 1.54) is 5.56 Å². The monoisotopic (exact) mass is 226 g/mol. The van der Waals surface area contributed by atoms with Crippen molar-refractivity contribution >= 4 is 11.6 Å². The van der Waals surface area contributed by atoms with Gasteiger partial charge in [0.1, 0.15) is 5.75 Å². The maximum absolute atomic E-state index is 6.09. The highest BCUT2D eigenvalue weighted by Gasteiger charge is 2.22. The molecule has 1 atom stereocenters. The summed E-state index contributed by atoms with van der Waals surface area (Å²) in [5.41, 5.74) is 2.23. The van der Waals surface area contributed by atoms with Crippen molar-refractivity contribution in [3.05, 3.63) is 28.3 Å². The maximum atomic E-state index is 6.09. The number of hydrogen-bond donors (Lipinski definition) is 0. The van der Waals surface area contributed by atoms with Gasteiger partial charge in [0.15, 0.2) is 0 Å². The molecule has 0 aliphatic carbocycles. The van der Waals surface area contributed by atoms with Crippen LogP contribution in [0.1, 0.15) is 17.5 Å². The average Bonchev–Trinajstić information content (AvgIpc) is 3.03. The van der Waals surface area contributed by atoms with Gasteiger partial charge in [0.05, 0.1) is 19.8 Å². The van der Waals surface area contributed by atoms with Crippen molar-refractivity contribution in [2.24, 2.45) is 0 Å². The van der Waals surface area contributed by atoms with Crippen LogP contribution in [0.4, 0.5) is 0 Å². The van der Waals surface area contributed by atoms with Crippen molar-refractivity contribution in [3.63, 3.8) is 0 Å². The van der Waals surface area contributed by atoms with Crippen LogP contribution in [0.5, 0.6) is 5.75 Å². The third kappa shape index (κ3) is 2.64. The zero-order valence-corrected chi connectivity index (χ0v) is 9.80. The predicted molar refractivity (Wildman–Crippen MR) is 60.8 cm³/mol. The van der Waals surface area contributed by atoms with Crippen LogP contribution in [-0.2, 0) is 11.2 Å². The Bertz CT molecular complexity index is 359. The van der Waals surface area contributed by atoms with Crippen molar-refractivity contribution in [2.75, 3.05) is 13.7 Å². The molecule has 1 unspecified atom stereocenters. The van der Waals surface area contributed by atoms with Gasteiger partial charge in [-0.2, -0.15) is 0 Å². The van der Waals surface area contributed by atoms with Crippen LogP contribution in [0.3, 0.4) is 0 Å². The molecule has 0 radical (unpaired) electrons. The summed E-state index contributed by atoms with van der Waals surface area (Å²) in [4.78, 5) is 0. The molecule has 0 spiro atoms. The number of epoxide rings is 1. The molecule has 15 heavy (non-hydrogen) atoms. The van der Waals surface area contributed by atoms with E-state index >= 15 is 0 Å². The van der Waals surface area contributed by atoms with E-state index < -0.39 is 0 Å². The van der Waals surface area contributed by atoms with E-state index in [0.29, 0.717) is 6.10 Å². The molecule has 2 nitrogen and oxygen atoms in total. The summed E-state index contributed by atoms with van der Waals surface area (Å²) in [5.74, 6) is 0.928. The standard InChI is InChI=1S/C12H15ClO2/c1-8-5-12(14-2)9(6-11(8)13)3-4-10-7-15-10/h5-6,10H,3-4,7H2,1-2H3. The molecule has 1 aliphatic rings. The van der Waals surface area contributed by atoms with Crippen molar-refractivity contribution in [2.45, 2.75) is 25.9 Å². The first-order valence-corrected chi connectivity index (χ1v) is 5.53. The van der Waals surface area contributed by atoms with E-state index in [-0.39, 0.29) is 0 Å². The molecule has 1 aromatic carbocycles. The van der Waals surface area contributed by atoms with E-state index in [9.17, 15) is 0 Å². The first-order chi connectivity index (χ1) is 7.20. The number of rotatable bonds is 4. The summed E-state index contributed by atoms with van der Waals surface area (Å²) >= 11 is 6.09. The number of halogens is 1. The molecule has 0 amide bonds. The van der Waals surface area contributed by atoms with Crippen LogP contribution in [-0.4, -0.2) is 19.8 Å². The highest BCUT2D eigenvalue weighted by atomic mass is 35.5. The minimum Gasteiger partial charge on any atom is -0.496 e. The molecule has 1 aromatic rings. The molecule has 1 aliphatic heterocycles. The zero-order valence-electron chi connectivity index (χ0n) is 9.05. The van der Waals surface area contributed by atoms with Gasteiger partial charge in [-0.05, 0) is 43.0 Å². The number of aryl methyl sites for hydroxylation is 2. The molecule has 1 fully saturated rings. The lowest BCUT2D eigenvalue weighted by atomic mass is 10.1. The average molecular weight is 227 g/mol. The van der Waals surface area contributed by atoms with Crippen LogP contribution in [0, 0.1) is 6.92 Å². The summed E-state index contributed by atoms with van der Waals surface area (Å²) in [5, 5.41) is 0.808. The highest BCUT2D eigenvalue weighted by Crippen LogP contribution is 2.29. The largest absolute Gasteiger partial charge is 0.496 e. The number of methoxy groups -OCH3 is 1. The fourth-order valence-corrected chi connectivity index (χ4v) is 1.82. The van der Waals surface area contributed by atoms with Crippen molar-refractivity contribution in [1.82, 2.24) is 0 Å². The lowest BCUT2D eigenvalue weighted by Crippen LogP contribution is -1.96. The van der Waals surface area contributed by atoms with Crippen LogP contribution in [0.15, 0.2) is 12.1 Å². The molecule has 0 aromatic heterocycles. The second-order valence-corrected chi connectivity index (χ2v) is 4.31. The Morgan fingerprint density at radius 1 is 1.53 bits per heavy atom. The fourth-order valence-electron chi connectivity index (χ4n) is 1.63. The third-order valence-electron chi connectivity index (χ3n) is 2.70. The molecule has 82 valence electrons. The van der Waals surface area contributed by atoms with Crippen LogP contribution >= 0.6 is 11.6 Å². The van der Waals surface area contributed by atoms with Crippen LogP contribution < -0.4 is 4.74 Å². The normalized spacial score (nSPS) is 19.0. The van der Waals surface area contributed by atoms with Gasteiger partial charge in [-0.15, -0.1) is 0 Å². The van der Waals surface area contributed by atoms with Gasteiger partial charge in [0.25, 0.3) is 0 Å². The summed E-state index contributed by atoms with van der Waals surface area (Å²) in [6, 6.07) is 3.99. The Hall–Kier alpha value is -0.730. The molecular weight excluding hydrogens is 212 g/mol. The van der Waals surface area contributed by atoms with E-state index in [1.807, 2.05) is 19.1 Å². The summed E-state index contributed by atoms with van der Waals surface area (Å²) in [6.07, 6.45) is 2.47. The Morgan fingerprint density at radius 2 is 2.27 bits per heavy atom. The van der Waals surface area contributed by atoms with E-state index in [4.69, 9.17) is 21.1 Å². The molecule has 0 saturated carbocycles. The summed E-state index contributed by atoms with van der Waals surface area (Å²) in [6.45, 7) is 2.89. The first kappa shape index (κ1) is 10.8. The SMILES string of the molecule is COc1cc(C)c(Cl)cc1CCC1CO1. The number of ether oxygens (including phenoxy) is 2. The van der Waals surface area contributed by atoms with Gasteiger partial charge in [0, 0.05) is 5.02 Å². The van der Waals surface area contributed by atoms with Gasteiger partial charge < -0.3 is 9.47 Å². The Labute approximate surface area is 95.1 Å². The lowest BCUT2D eigenvalue weighted by Gasteiger charge is -2.10. The van der Waals surface area contributed by atoms with Gasteiger partial charge in [0.2, 0.25) is 0 Å². The quantitative estimate of drug-likeness (QED) is 0.737. The van der Waals surface area contributed by atoms with Crippen molar-refractivity contribution < 1.29 is 9.47 Å². The van der Waals surface area contributed by atoms with Crippen LogP contribution in [0.2, 0.25) is 5.02 Å². The Balaban J connectivity index is 2.15. The minimum atomic E-state index is 0.454. The number of hydrogen-bond acceptors (Lipinski definition) is 2. The molecule has 0 bridgehead atoms. The molecule has 0 N–H and O–H groups in total. The lowest BCUT2D eigenvalue weighted by molar-refractivity contribution is 0.389. The highest BCUT2D eigenvalue weighted by molar-refractivity contribution is 6.31. The fraction of sp³-hybridized carbons (Fsp3) is 0.500. The van der Waals surface area contributed by atoms with Gasteiger partial charge >= 0.3 is 0 Å². The third-order valence-corrected chi connectivity index (χ3v) is 3.11. The number of benzene rings is 1. The predicted octanol–water partition coefficient (Wildman–Crippen LogP) is 2.99. The van der Waals surface area contributed by atoms with Crippen molar-refractivity contribution in [1.29, 1.82) is 0 Å². The molecule has 2 rings (SSSR count). The van der Waals surface area contributed by atoms with E-state index in [0.717, 1.165) is 35.8 Å². The maximum Gasteiger partial charge on any atom is 0.122 e. The summed E-state index contributed by atoms with van der Waals surface area (Å²) < 4.78 is 10.5. The first-order valence-electron chi connectivity index (χ1n) is 5.15.